The average molecular weight is 1310 g/mol. The van der Waals surface area contributed by atoms with Gasteiger partial charge in [0.1, 0.15) is 66.5 Å². The quantitative estimate of drug-likeness (QED) is 0.162. The second-order valence-corrected chi connectivity index (χ2v) is 29.3. The molecule has 4 N–H and O–H groups in total. The van der Waals surface area contributed by atoms with E-state index in [1.54, 1.807) is 47.6 Å². The van der Waals surface area contributed by atoms with Crippen molar-refractivity contribution in [2.45, 2.75) is 222 Å². The number of nitrogens with one attached hydrogen (secondary N) is 3. The highest BCUT2D eigenvalue weighted by atomic mass is 16.5. The number of carbonyl (C=O) groups excluding carboxylic acids is 11. The smallest absolute Gasteiger partial charge is 0.248 e. The van der Waals surface area contributed by atoms with Gasteiger partial charge in [0.25, 0.3) is 0 Å². The minimum absolute atomic E-state index is 0.0247. The lowest BCUT2D eigenvalue weighted by Crippen LogP contribution is -2.67. The molecule has 93 heavy (non-hydrogen) atoms. The molecule has 3 aliphatic rings. The maximum Gasteiger partial charge on any atom is 0.248 e. The van der Waals surface area contributed by atoms with Gasteiger partial charge in [0.2, 0.25) is 65.0 Å². The molecule has 3 heterocycles. The van der Waals surface area contributed by atoms with E-state index in [4.69, 9.17) is 4.74 Å². The summed E-state index contributed by atoms with van der Waals surface area (Å²) in [7, 11) is 11.5. The summed E-state index contributed by atoms with van der Waals surface area (Å²) >= 11 is 0. The topological polar surface area (TPSA) is 282 Å². The number of likely N-dealkylation sites (tertiary alicyclic amines) is 1. The Hall–Kier alpha value is -6.21. The van der Waals surface area contributed by atoms with Crippen LogP contribution in [0.4, 0.5) is 0 Å². The van der Waals surface area contributed by atoms with Crippen LogP contribution in [0.25, 0.3) is 0 Å². The van der Waals surface area contributed by atoms with Gasteiger partial charge in [-0.2, -0.15) is 0 Å². The SMILES string of the molecule is C/C=C/C[C@@H](C)[C@@H](O)[C@H]1C(=O)N(C)[C@@H](CC)C(=O)N(C)[C@H](C)C(=O)N(C)[C@@H]([C@H](C)CN2CC3(COC3)C2)C(=O)N[C@@H](C(C)C)C(=O)N(C)[C@@H](CC(C)C)C(=O)N[C@@H](C)C(=O)N[C@H](C)C(=O)N(C)[C@@H](CC(C)C)C(=O)N(C)[C@@H](CC(C)C)C(=O)N(C)[C@@H](C(C)C)C(=O)N1C. The van der Waals surface area contributed by atoms with E-state index in [0.717, 1.165) is 18.0 Å². The first kappa shape index (κ1) is 81.0. The lowest BCUT2D eigenvalue weighted by atomic mass is 9.77. The van der Waals surface area contributed by atoms with Gasteiger partial charge in [0.05, 0.1) is 19.3 Å². The van der Waals surface area contributed by atoms with Crippen LogP contribution in [-0.4, -0.2) is 276 Å². The van der Waals surface area contributed by atoms with Gasteiger partial charge in [0, 0.05) is 81.4 Å². The third-order valence-electron chi connectivity index (χ3n) is 19.3. The minimum Gasteiger partial charge on any atom is -0.390 e. The Kier molecular flexibility index (Phi) is 30.5. The lowest BCUT2D eigenvalue weighted by molar-refractivity contribution is -0.192. The molecule has 3 rings (SSSR count). The Morgan fingerprint density at radius 2 is 0.914 bits per heavy atom. The highest BCUT2D eigenvalue weighted by molar-refractivity contribution is 6.00. The number of amides is 11. The van der Waals surface area contributed by atoms with Crippen LogP contribution >= 0.6 is 0 Å². The Morgan fingerprint density at radius 3 is 1.38 bits per heavy atom. The largest absolute Gasteiger partial charge is 0.390 e. The zero-order valence-electron chi connectivity index (χ0n) is 61.1. The molecule has 0 saturated carbocycles. The molecule has 0 radical (unpaired) electrons. The normalized spacial score (nSPS) is 28.9. The highest BCUT2D eigenvalue weighted by Crippen LogP contribution is 2.38. The number of rotatable bonds is 16. The summed E-state index contributed by atoms with van der Waals surface area (Å²) in [6.45, 7) is 32.8. The molecule has 0 aromatic carbocycles. The van der Waals surface area contributed by atoms with E-state index in [1.807, 2.05) is 61.5 Å². The van der Waals surface area contributed by atoms with E-state index < -0.39 is 161 Å². The standard InChI is InChI=1S/C68H120N12O13/c1-26-28-29-43(13)56(81)55-67(92)73(19)48(27-2)62(87)72(18)47(17)61(86)78(24)54(44(14)33-80-34-68(35-80)36-93-37-68)59(84)71-52(41(9)10)65(90)74(20)49(30-38(3)4)58(83)69-45(15)57(82)70-46(16)60(85)75(21)50(31-39(5)6)63(88)76(22)51(32-40(7)8)64(89)77(23)53(42(11)12)66(91)79(55)25/h26,28,38-56,81H,27,29-37H2,1-25H3,(H,69,83)(H,70,82)(H,71,84)/b28-26+/t43-,44-,45+,46-,47-,48+,49+,50+,51+,52+,53+,54+,55+,56-/m1/s1. The maximum atomic E-state index is 15.4. The monoisotopic (exact) mass is 1310 g/mol. The average Bonchev–Trinajstić information content (AvgIpc) is 0.773. The summed E-state index contributed by atoms with van der Waals surface area (Å²) in [5.41, 5.74) is 0.0247. The Morgan fingerprint density at radius 1 is 0.484 bits per heavy atom. The fraction of sp³-hybridized carbons (Fsp3) is 0.809. The number of allylic oxidation sites excluding steroid dienone is 2. The molecule has 25 heteroatoms. The fourth-order valence-electron chi connectivity index (χ4n) is 13.3. The van der Waals surface area contributed by atoms with Gasteiger partial charge in [-0.05, 0) is 101 Å². The molecule has 0 aromatic heterocycles. The third kappa shape index (κ3) is 19.9. The van der Waals surface area contributed by atoms with Crippen molar-refractivity contribution in [1.82, 2.24) is 60.0 Å². The summed E-state index contributed by atoms with van der Waals surface area (Å²) in [5.74, 6) is -10.1. The second-order valence-electron chi connectivity index (χ2n) is 29.3. The molecule has 3 fully saturated rings. The molecule has 14 atom stereocenters. The predicted molar refractivity (Wildman–Crippen MR) is 357 cm³/mol. The zero-order valence-corrected chi connectivity index (χ0v) is 61.1. The molecular formula is C68H120N12O13. The number of nitrogens with zero attached hydrogens (tertiary/aromatic N) is 9. The van der Waals surface area contributed by atoms with Crippen molar-refractivity contribution < 1.29 is 62.6 Å². The zero-order chi connectivity index (χ0) is 71.3. The van der Waals surface area contributed by atoms with E-state index in [1.165, 1.54) is 111 Å². The van der Waals surface area contributed by atoms with E-state index in [0.29, 0.717) is 26.2 Å². The van der Waals surface area contributed by atoms with Crippen molar-refractivity contribution in [2.24, 2.45) is 46.8 Å². The summed E-state index contributed by atoms with van der Waals surface area (Å²) in [6, 6.07) is -13.7. The van der Waals surface area contributed by atoms with Crippen molar-refractivity contribution >= 4 is 65.0 Å². The number of aliphatic hydroxyl groups excluding tert-OH is 1. The van der Waals surface area contributed by atoms with Crippen LogP contribution in [0, 0.1) is 46.8 Å². The first-order chi connectivity index (χ1) is 43.1. The molecule has 25 nitrogen and oxygen atoms in total. The van der Waals surface area contributed by atoms with Gasteiger partial charge in [-0.1, -0.05) is 102 Å². The molecule has 1 spiro atoms. The molecule has 530 valence electrons. The molecule has 3 saturated heterocycles. The molecule has 0 aliphatic carbocycles. The Labute approximate surface area is 556 Å². The van der Waals surface area contributed by atoms with Crippen LogP contribution in [0.15, 0.2) is 12.2 Å². The lowest BCUT2D eigenvalue weighted by Gasteiger charge is -2.56. The van der Waals surface area contributed by atoms with E-state index >= 15 is 33.6 Å². The summed E-state index contributed by atoms with van der Waals surface area (Å²) in [5, 5.41) is 20.7. The summed E-state index contributed by atoms with van der Waals surface area (Å²) < 4.78 is 5.52. The number of carbonyl (C=O) groups is 11. The molecule has 0 bridgehead atoms. The third-order valence-corrected chi connectivity index (χ3v) is 19.3. The van der Waals surface area contributed by atoms with Gasteiger partial charge in [0.15, 0.2) is 0 Å². The van der Waals surface area contributed by atoms with Crippen LogP contribution in [0.1, 0.15) is 150 Å². The number of hydrogen-bond donors (Lipinski definition) is 4. The molecular weight excluding hydrogens is 1190 g/mol. The van der Waals surface area contributed by atoms with E-state index in [-0.39, 0.29) is 48.9 Å². The first-order valence-corrected chi connectivity index (χ1v) is 33.7. The van der Waals surface area contributed by atoms with Crippen molar-refractivity contribution in [3.8, 4) is 0 Å². The predicted octanol–water partition coefficient (Wildman–Crippen LogP) is 2.92. The second kappa shape index (κ2) is 35.0. The number of likely N-dealkylation sites (N-methyl/N-ethyl adjacent to an activating group) is 8. The van der Waals surface area contributed by atoms with Crippen LogP contribution < -0.4 is 16.0 Å². The summed E-state index contributed by atoms with van der Waals surface area (Å²) in [6.07, 6.45) is 2.89. The number of ether oxygens (including phenoxy) is 1. The van der Waals surface area contributed by atoms with Gasteiger partial charge in [-0.15, -0.1) is 0 Å². The van der Waals surface area contributed by atoms with Crippen LogP contribution in [-0.2, 0) is 57.5 Å². The number of aliphatic hydroxyl groups is 1. The van der Waals surface area contributed by atoms with E-state index in [9.17, 15) is 24.3 Å². The summed E-state index contributed by atoms with van der Waals surface area (Å²) in [4.78, 5) is 176. The molecule has 3 aliphatic heterocycles. The van der Waals surface area contributed by atoms with Crippen LogP contribution in [0.3, 0.4) is 0 Å². The van der Waals surface area contributed by atoms with Crippen molar-refractivity contribution in [1.29, 1.82) is 0 Å². The number of hydrogen-bond acceptors (Lipinski definition) is 14. The van der Waals surface area contributed by atoms with E-state index in [2.05, 4.69) is 20.9 Å². The van der Waals surface area contributed by atoms with Crippen molar-refractivity contribution in [3.63, 3.8) is 0 Å². The van der Waals surface area contributed by atoms with Crippen molar-refractivity contribution in [3.05, 3.63) is 12.2 Å². The van der Waals surface area contributed by atoms with Crippen LogP contribution in [0.5, 0.6) is 0 Å². The van der Waals surface area contributed by atoms with Gasteiger partial charge in [-0.25, -0.2) is 0 Å². The molecule has 0 aromatic rings. The Balaban J connectivity index is 2.36. The van der Waals surface area contributed by atoms with Crippen LogP contribution in [0.2, 0.25) is 0 Å². The van der Waals surface area contributed by atoms with Gasteiger partial charge < -0.3 is 69.9 Å². The van der Waals surface area contributed by atoms with Crippen molar-refractivity contribution in [2.75, 3.05) is 89.2 Å². The Bertz CT molecular complexity index is 2640. The van der Waals surface area contributed by atoms with Gasteiger partial charge in [-0.3, -0.25) is 52.7 Å². The fourth-order valence-corrected chi connectivity index (χ4v) is 13.3. The molecule has 0 unspecified atom stereocenters. The maximum absolute atomic E-state index is 15.4. The minimum atomic E-state index is -1.61. The highest BCUT2D eigenvalue weighted by Gasteiger charge is 2.51. The van der Waals surface area contributed by atoms with Gasteiger partial charge >= 0.3 is 0 Å². The molecule has 11 amide bonds. The first-order valence-electron chi connectivity index (χ1n) is 33.7.